The van der Waals surface area contributed by atoms with Crippen LogP contribution in [0.2, 0.25) is 0 Å². The summed E-state index contributed by atoms with van der Waals surface area (Å²) < 4.78 is 6.82. The summed E-state index contributed by atoms with van der Waals surface area (Å²) in [5.41, 5.74) is 1.99. The average Bonchev–Trinajstić information content (AvgIpc) is 3.03. The molecule has 1 aromatic carbocycles. The SMILES string of the molecule is CCOC(=O)C(=O)N1C[C@@H](C)CC[C@@H]1c1ccc2nn(CC)cc2c1. The molecule has 1 saturated heterocycles. The van der Waals surface area contributed by atoms with Gasteiger partial charge in [0.15, 0.2) is 0 Å². The normalized spacial score (nSPS) is 20.7. The van der Waals surface area contributed by atoms with E-state index in [4.69, 9.17) is 4.74 Å². The van der Waals surface area contributed by atoms with Gasteiger partial charge in [0.25, 0.3) is 0 Å². The zero-order valence-electron chi connectivity index (χ0n) is 15.1. The summed E-state index contributed by atoms with van der Waals surface area (Å²) in [7, 11) is 0. The summed E-state index contributed by atoms with van der Waals surface area (Å²) in [5, 5.41) is 5.56. The molecule has 1 aliphatic rings. The first-order chi connectivity index (χ1) is 12.0. The molecule has 0 aliphatic carbocycles. The van der Waals surface area contributed by atoms with Crippen LogP contribution in [-0.4, -0.2) is 39.7 Å². The maximum Gasteiger partial charge on any atom is 0.397 e. The van der Waals surface area contributed by atoms with Crippen molar-refractivity contribution in [1.82, 2.24) is 14.7 Å². The fourth-order valence-electron chi connectivity index (χ4n) is 3.50. The molecule has 0 saturated carbocycles. The Morgan fingerprint density at radius 3 is 2.80 bits per heavy atom. The zero-order valence-corrected chi connectivity index (χ0v) is 15.1. The molecule has 0 bridgehead atoms. The van der Waals surface area contributed by atoms with Gasteiger partial charge in [-0.1, -0.05) is 13.0 Å². The topological polar surface area (TPSA) is 64.4 Å². The van der Waals surface area contributed by atoms with Crippen LogP contribution in [0.15, 0.2) is 24.4 Å². The van der Waals surface area contributed by atoms with Gasteiger partial charge in [-0.15, -0.1) is 0 Å². The highest BCUT2D eigenvalue weighted by atomic mass is 16.5. The number of amides is 1. The minimum Gasteiger partial charge on any atom is -0.459 e. The van der Waals surface area contributed by atoms with E-state index in [1.807, 2.05) is 23.0 Å². The minimum atomic E-state index is -0.763. The van der Waals surface area contributed by atoms with Crippen LogP contribution < -0.4 is 0 Å². The van der Waals surface area contributed by atoms with Crippen LogP contribution in [-0.2, 0) is 20.9 Å². The van der Waals surface area contributed by atoms with Crippen LogP contribution >= 0.6 is 0 Å². The Balaban J connectivity index is 1.91. The van der Waals surface area contributed by atoms with E-state index in [0.717, 1.165) is 35.9 Å². The Bertz CT molecular complexity index is 783. The molecule has 1 aromatic heterocycles. The molecule has 1 fully saturated rings. The van der Waals surface area contributed by atoms with E-state index in [0.29, 0.717) is 12.5 Å². The highest BCUT2D eigenvalue weighted by molar-refractivity contribution is 6.32. The number of carbonyl (C=O) groups is 2. The molecule has 6 nitrogen and oxygen atoms in total. The number of aryl methyl sites for hydroxylation is 1. The van der Waals surface area contributed by atoms with Gasteiger partial charge in [-0.05, 0) is 50.3 Å². The highest BCUT2D eigenvalue weighted by Gasteiger charge is 2.35. The quantitative estimate of drug-likeness (QED) is 0.635. The number of esters is 1. The molecule has 6 heteroatoms. The predicted octanol–water partition coefficient (Wildman–Crippen LogP) is 2.92. The number of hydrogen-bond acceptors (Lipinski definition) is 4. The number of benzene rings is 1. The molecule has 0 spiro atoms. The number of fused-ring (bicyclic) bond motifs is 1. The zero-order chi connectivity index (χ0) is 18.0. The second kappa shape index (κ2) is 7.25. The lowest BCUT2D eigenvalue weighted by molar-refractivity contribution is -0.162. The minimum absolute atomic E-state index is 0.0949. The monoisotopic (exact) mass is 343 g/mol. The van der Waals surface area contributed by atoms with E-state index in [1.54, 1.807) is 11.8 Å². The third-order valence-electron chi connectivity index (χ3n) is 4.81. The predicted molar refractivity (Wildman–Crippen MR) is 94.9 cm³/mol. The van der Waals surface area contributed by atoms with Gasteiger partial charge in [-0.25, -0.2) is 4.79 Å². The standard InChI is InChI=1S/C19H25N3O3/c1-4-21-12-15-10-14(7-8-16(15)20-21)17-9-6-13(3)11-22(17)18(23)19(24)25-5-2/h7-8,10,12-13,17H,4-6,9,11H2,1-3H3/t13-,17+/m0/s1. The molecular weight excluding hydrogens is 318 g/mol. The van der Waals surface area contributed by atoms with Gasteiger partial charge in [0, 0.05) is 24.7 Å². The van der Waals surface area contributed by atoms with Gasteiger partial charge in [0.05, 0.1) is 18.2 Å². The Morgan fingerprint density at radius 2 is 2.08 bits per heavy atom. The van der Waals surface area contributed by atoms with Crippen LogP contribution in [0.4, 0.5) is 0 Å². The smallest absolute Gasteiger partial charge is 0.397 e. The van der Waals surface area contributed by atoms with Gasteiger partial charge in [0.1, 0.15) is 0 Å². The molecule has 2 heterocycles. The Labute approximate surface area is 147 Å². The van der Waals surface area contributed by atoms with Crippen molar-refractivity contribution in [3.05, 3.63) is 30.0 Å². The van der Waals surface area contributed by atoms with Crippen LogP contribution in [0.1, 0.15) is 45.2 Å². The number of likely N-dealkylation sites (tertiary alicyclic amines) is 1. The molecule has 0 radical (unpaired) electrons. The van der Waals surface area contributed by atoms with Crippen LogP contribution in [0.3, 0.4) is 0 Å². The maximum atomic E-state index is 12.6. The number of piperidine rings is 1. The highest BCUT2D eigenvalue weighted by Crippen LogP contribution is 2.34. The van der Waals surface area contributed by atoms with Gasteiger partial charge < -0.3 is 9.64 Å². The largest absolute Gasteiger partial charge is 0.459 e. The lowest BCUT2D eigenvalue weighted by Gasteiger charge is -2.38. The van der Waals surface area contributed by atoms with Crippen molar-refractivity contribution >= 4 is 22.8 Å². The summed E-state index contributed by atoms with van der Waals surface area (Å²) in [6.07, 6.45) is 3.89. The Morgan fingerprint density at radius 1 is 1.28 bits per heavy atom. The first-order valence-electron chi connectivity index (χ1n) is 8.98. The third-order valence-corrected chi connectivity index (χ3v) is 4.81. The Kier molecular flexibility index (Phi) is 5.06. The fraction of sp³-hybridized carbons (Fsp3) is 0.526. The maximum absolute atomic E-state index is 12.6. The molecule has 0 unspecified atom stereocenters. The van der Waals surface area contributed by atoms with E-state index >= 15 is 0 Å². The summed E-state index contributed by atoms with van der Waals surface area (Å²) in [4.78, 5) is 26.2. The van der Waals surface area contributed by atoms with Gasteiger partial charge in [-0.3, -0.25) is 9.48 Å². The molecule has 0 N–H and O–H groups in total. The van der Waals surface area contributed by atoms with E-state index in [1.165, 1.54) is 0 Å². The van der Waals surface area contributed by atoms with Gasteiger partial charge >= 0.3 is 11.9 Å². The van der Waals surface area contributed by atoms with Crippen molar-refractivity contribution < 1.29 is 14.3 Å². The molecule has 3 rings (SSSR count). The molecule has 1 aliphatic heterocycles. The van der Waals surface area contributed by atoms with Crippen LogP contribution in [0.5, 0.6) is 0 Å². The number of rotatable bonds is 3. The first-order valence-corrected chi connectivity index (χ1v) is 8.98. The summed E-state index contributed by atoms with van der Waals surface area (Å²) in [6, 6.07) is 5.99. The van der Waals surface area contributed by atoms with Crippen molar-refractivity contribution in [2.45, 2.75) is 46.2 Å². The summed E-state index contributed by atoms with van der Waals surface area (Å²) >= 11 is 0. The van der Waals surface area contributed by atoms with Crippen molar-refractivity contribution in [1.29, 1.82) is 0 Å². The number of nitrogens with zero attached hydrogens (tertiary/aromatic N) is 3. The number of ether oxygens (including phenoxy) is 1. The molecule has 134 valence electrons. The lowest BCUT2D eigenvalue weighted by Crippen LogP contribution is -2.45. The van der Waals surface area contributed by atoms with E-state index in [2.05, 4.69) is 25.0 Å². The number of aromatic nitrogens is 2. The number of hydrogen-bond donors (Lipinski definition) is 0. The molecule has 2 atom stereocenters. The second-order valence-corrected chi connectivity index (χ2v) is 6.68. The van der Waals surface area contributed by atoms with Crippen molar-refractivity contribution in [2.75, 3.05) is 13.2 Å². The number of carbonyl (C=O) groups excluding carboxylic acids is 2. The molecule has 1 amide bonds. The average molecular weight is 343 g/mol. The summed E-state index contributed by atoms with van der Waals surface area (Å²) in [5.74, 6) is -0.926. The third kappa shape index (κ3) is 3.52. The van der Waals surface area contributed by atoms with Gasteiger partial charge in [-0.2, -0.15) is 5.10 Å². The van der Waals surface area contributed by atoms with Gasteiger partial charge in [0.2, 0.25) is 0 Å². The van der Waals surface area contributed by atoms with E-state index in [-0.39, 0.29) is 12.6 Å². The van der Waals surface area contributed by atoms with Crippen molar-refractivity contribution in [3.63, 3.8) is 0 Å². The lowest BCUT2D eigenvalue weighted by atomic mass is 9.89. The van der Waals surface area contributed by atoms with E-state index in [9.17, 15) is 9.59 Å². The van der Waals surface area contributed by atoms with Crippen molar-refractivity contribution in [2.24, 2.45) is 5.92 Å². The van der Waals surface area contributed by atoms with Crippen molar-refractivity contribution in [3.8, 4) is 0 Å². The first kappa shape index (κ1) is 17.5. The fourth-order valence-corrected chi connectivity index (χ4v) is 3.50. The second-order valence-electron chi connectivity index (χ2n) is 6.68. The Hall–Kier alpha value is -2.37. The van der Waals surface area contributed by atoms with E-state index < -0.39 is 11.9 Å². The molecule has 25 heavy (non-hydrogen) atoms. The summed E-state index contributed by atoms with van der Waals surface area (Å²) in [6.45, 7) is 7.47. The van der Waals surface area contributed by atoms with Crippen LogP contribution in [0.25, 0.3) is 10.9 Å². The van der Waals surface area contributed by atoms with Crippen LogP contribution in [0, 0.1) is 5.92 Å². The molecule has 2 aromatic rings. The molecular formula is C19H25N3O3.